The van der Waals surface area contributed by atoms with Crippen LogP contribution in [-0.4, -0.2) is 63.3 Å². The zero-order valence-electron chi connectivity index (χ0n) is 25.9. The van der Waals surface area contributed by atoms with Gasteiger partial charge in [-0.15, -0.1) is 0 Å². The van der Waals surface area contributed by atoms with Crippen LogP contribution in [0.25, 0.3) is 44.5 Å². The zero-order chi connectivity index (χ0) is 30.5. The Balaban J connectivity index is 1.36. The van der Waals surface area contributed by atoms with E-state index in [0.717, 1.165) is 81.0 Å². The fourth-order valence-electron chi connectivity index (χ4n) is 6.34. The van der Waals surface area contributed by atoms with Gasteiger partial charge in [0.2, 0.25) is 5.91 Å². The maximum Gasteiger partial charge on any atom is 0.247 e. The molecule has 1 atom stereocenters. The minimum Gasteiger partial charge on any atom is -0.369 e. The highest BCUT2D eigenvalue weighted by molar-refractivity contribution is 6.07. The number of aromatic nitrogens is 4. The first-order valence-corrected chi connectivity index (χ1v) is 15.5. The molecule has 1 aliphatic heterocycles. The van der Waals surface area contributed by atoms with Crippen molar-refractivity contribution in [2.45, 2.75) is 45.7 Å². The highest BCUT2D eigenvalue weighted by atomic mass is 16.1. The molecule has 7 rings (SSSR count). The molecule has 4 heterocycles. The smallest absolute Gasteiger partial charge is 0.247 e. The van der Waals surface area contributed by atoms with Crippen LogP contribution >= 0.6 is 0 Å². The molecule has 3 aromatic heterocycles. The summed E-state index contributed by atoms with van der Waals surface area (Å²) in [6, 6.07) is 16.1. The molecule has 5 aromatic rings. The number of aryl methyl sites for hydroxylation is 2. The quantitative estimate of drug-likeness (QED) is 0.202. The Morgan fingerprint density at radius 3 is 2.55 bits per heavy atom. The van der Waals surface area contributed by atoms with E-state index < -0.39 is 0 Å². The maximum atomic E-state index is 12.3. The number of H-pyrrole nitrogens is 1. The van der Waals surface area contributed by atoms with Crippen molar-refractivity contribution in [1.82, 2.24) is 24.6 Å². The van der Waals surface area contributed by atoms with Crippen LogP contribution in [0, 0.1) is 13.8 Å². The number of amides is 1. The number of carbonyl (C=O) groups excluding carboxylic acids is 1. The average Bonchev–Trinajstić information content (AvgIpc) is 3.63. The van der Waals surface area contributed by atoms with Crippen LogP contribution in [0.15, 0.2) is 73.7 Å². The molecule has 1 amide bonds. The Morgan fingerprint density at radius 1 is 1.05 bits per heavy atom. The number of fused-ring (bicyclic) bond motifs is 1. The third-order valence-electron chi connectivity index (χ3n) is 9.37. The fourth-order valence-corrected chi connectivity index (χ4v) is 6.34. The van der Waals surface area contributed by atoms with Gasteiger partial charge in [0, 0.05) is 71.5 Å². The number of hydrogen-bond acceptors (Lipinski definition) is 5. The summed E-state index contributed by atoms with van der Waals surface area (Å²) >= 11 is 0. The Kier molecular flexibility index (Phi) is 7.09. The molecule has 0 bridgehead atoms. The van der Waals surface area contributed by atoms with E-state index in [1.165, 1.54) is 24.6 Å². The Hall–Kier alpha value is -4.69. The van der Waals surface area contributed by atoms with Gasteiger partial charge in [-0.25, -0.2) is 4.98 Å². The van der Waals surface area contributed by atoms with E-state index in [9.17, 15) is 4.79 Å². The van der Waals surface area contributed by atoms with Gasteiger partial charge in [0.25, 0.3) is 0 Å². The van der Waals surface area contributed by atoms with E-state index in [1.807, 2.05) is 19.3 Å². The van der Waals surface area contributed by atoms with E-state index >= 15 is 0 Å². The average molecular weight is 586 g/mol. The van der Waals surface area contributed by atoms with E-state index in [2.05, 4.69) is 106 Å². The molecule has 2 aromatic carbocycles. The number of benzene rings is 2. The number of piperazine rings is 1. The second kappa shape index (κ2) is 11.1. The van der Waals surface area contributed by atoms with Crippen molar-refractivity contribution in [3.63, 3.8) is 0 Å². The Labute approximate surface area is 258 Å². The zero-order valence-corrected chi connectivity index (χ0v) is 25.9. The largest absolute Gasteiger partial charge is 0.369 e. The van der Waals surface area contributed by atoms with E-state index in [1.54, 1.807) is 0 Å². The molecule has 224 valence electrons. The highest BCUT2D eigenvalue weighted by Gasteiger charge is 2.26. The first kappa shape index (κ1) is 28.1. The fraction of sp³-hybridized carbons (Fsp3) is 0.306. The predicted molar refractivity (Wildman–Crippen MR) is 179 cm³/mol. The van der Waals surface area contributed by atoms with E-state index in [4.69, 9.17) is 4.98 Å². The summed E-state index contributed by atoms with van der Waals surface area (Å²) in [4.78, 5) is 25.8. The molecular weight excluding hydrogens is 546 g/mol. The number of pyridine rings is 1. The Bertz CT molecular complexity index is 1880. The van der Waals surface area contributed by atoms with Gasteiger partial charge in [-0.05, 0) is 87.2 Å². The third-order valence-corrected chi connectivity index (χ3v) is 9.37. The normalized spacial score (nSPS) is 17.3. The second-order valence-electron chi connectivity index (χ2n) is 12.4. The summed E-state index contributed by atoms with van der Waals surface area (Å²) in [5.74, 6) is -0.231. The molecule has 2 fully saturated rings. The molecule has 44 heavy (non-hydrogen) atoms. The molecule has 0 unspecified atom stereocenters. The number of carbonyl (C=O) groups is 1. The molecule has 1 aliphatic carbocycles. The van der Waals surface area contributed by atoms with Crippen LogP contribution in [0.2, 0.25) is 0 Å². The molecule has 1 saturated heterocycles. The van der Waals surface area contributed by atoms with Gasteiger partial charge in [0.15, 0.2) is 0 Å². The second-order valence-corrected chi connectivity index (χ2v) is 12.4. The van der Waals surface area contributed by atoms with Crippen molar-refractivity contribution < 1.29 is 4.79 Å². The van der Waals surface area contributed by atoms with Crippen molar-refractivity contribution in [2.24, 2.45) is 0 Å². The number of nitrogens with one attached hydrogen (secondary N) is 2. The number of rotatable bonds is 7. The van der Waals surface area contributed by atoms with Crippen molar-refractivity contribution >= 4 is 28.3 Å². The lowest BCUT2D eigenvalue weighted by atomic mass is 9.93. The minimum atomic E-state index is -0.231. The number of hydrogen-bond donors (Lipinski definition) is 2. The van der Waals surface area contributed by atoms with Gasteiger partial charge in [-0.2, -0.15) is 5.10 Å². The number of likely N-dealkylation sites (N-methyl/N-ethyl adjacent to an activating group) is 1. The van der Waals surface area contributed by atoms with Crippen molar-refractivity contribution in [1.29, 1.82) is 0 Å². The lowest BCUT2D eigenvalue weighted by Crippen LogP contribution is -2.50. The summed E-state index contributed by atoms with van der Waals surface area (Å²) in [6.07, 6.45) is 9.73. The maximum absolute atomic E-state index is 12.3. The van der Waals surface area contributed by atoms with Crippen LogP contribution < -0.4 is 10.2 Å². The summed E-state index contributed by atoms with van der Waals surface area (Å²) in [6.45, 7) is 13.2. The van der Waals surface area contributed by atoms with Gasteiger partial charge < -0.3 is 20.1 Å². The third kappa shape index (κ3) is 5.09. The first-order chi connectivity index (χ1) is 21.3. The molecule has 2 aliphatic rings. The van der Waals surface area contributed by atoms with Gasteiger partial charge in [0.1, 0.15) is 5.65 Å². The van der Waals surface area contributed by atoms with Gasteiger partial charge in [-0.3, -0.25) is 9.48 Å². The van der Waals surface area contributed by atoms with E-state index in [-0.39, 0.29) is 5.91 Å². The van der Waals surface area contributed by atoms with Gasteiger partial charge in [0.05, 0.1) is 17.9 Å². The van der Waals surface area contributed by atoms with Crippen LogP contribution in [0.3, 0.4) is 0 Å². The topological polar surface area (TPSA) is 82.1 Å². The highest BCUT2D eigenvalue weighted by Crippen LogP contribution is 2.43. The van der Waals surface area contributed by atoms with Crippen molar-refractivity contribution in [3.05, 3.63) is 84.8 Å². The summed E-state index contributed by atoms with van der Waals surface area (Å²) < 4.78 is 2.08. The van der Waals surface area contributed by atoms with Crippen LogP contribution in [0.1, 0.15) is 36.9 Å². The molecule has 0 spiro atoms. The monoisotopic (exact) mass is 585 g/mol. The lowest BCUT2D eigenvalue weighted by Gasteiger charge is -2.39. The van der Waals surface area contributed by atoms with E-state index in [0.29, 0.717) is 12.1 Å². The van der Waals surface area contributed by atoms with Crippen molar-refractivity contribution in [3.8, 4) is 33.5 Å². The number of anilines is 2. The van der Waals surface area contributed by atoms with Crippen LogP contribution in [0.4, 0.5) is 11.4 Å². The predicted octanol–water partition coefficient (Wildman–Crippen LogP) is 6.98. The SMILES string of the molecule is C=CC(=O)Nc1cc(-c2c(-c3ccc(N4CCN(C)[C@@H](C)C4)cc3)[nH]c3ncc(-c4cnn(C5CC5)c4)c(C)c23)ccc1C. The minimum absolute atomic E-state index is 0.231. The molecule has 8 nitrogen and oxygen atoms in total. The molecule has 0 radical (unpaired) electrons. The number of nitrogens with zero attached hydrogens (tertiary/aromatic N) is 5. The van der Waals surface area contributed by atoms with Crippen LogP contribution in [-0.2, 0) is 4.79 Å². The first-order valence-electron chi connectivity index (χ1n) is 15.5. The van der Waals surface area contributed by atoms with Crippen molar-refractivity contribution in [2.75, 3.05) is 36.9 Å². The summed E-state index contributed by atoms with van der Waals surface area (Å²) in [7, 11) is 2.20. The molecule has 8 heteroatoms. The molecule has 2 N–H and O–H groups in total. The summed E-state index contributed by atoms with van der Waals surface area (Å²) in [5, 5.41) is 8.70. The molecular formula is C36H39N7O. The molecule has 1 saturated carbocycles. The Morgan fingerprint density at radius 2 is 1.82 bits per heavy atom. The standard InChI is InChI=1S/C36H39N7O/c1-6-32(44)39-31-17-26(8-7-22(31)2)34-33-24(4)30(27-18-38-43(21-27)29-13-14-29)19-37-36(33)40-35(34)25-9-11-28(12-10-25)42-16-15-41(5)23(3)20-42/h6-12,17-19,21,23,29H,1,13-16,20H2,2-5H3,(H,37,40)(H,39,44)/t23-/m0/s1. The van der Waals surface area contributed by atoms with Gasteiger partial charge in [-0.1, -0.05) is 30.8 Å². The van der Waals surface area contributed by atoms with Crippen LogP contribution in [0.5, 0.6) is 0 Å². The van der Waals surface area contributed by atoms with Gasteiger partial charge >= 0.3 is 0 Å². The lowest BCUT2D eigenvalue weighted by molar-refractivity contribution is -0.111. The number of aromatic amines is 1. The summed E-state index contributed by atoms with van der Waals surface area (Å²) in [5.41, 5.74) is 11.3.